The van der Waals surface area contributed by atoms with Gasteiger partial charge in [0.15, 0.2) is 0 Å². The van der Waals surface area contributed by atoms with Crippen LogP contribution in [0.15, 0.2) is 97.1 Å². The summed E-state index contributed by atoms with van der Waals surface area (Å²) in [4.78, 5) is 5.11. The first-order valence-electron chi connectivity index (χ1n) is 10.2. The van der Waals surface area contributed by atoms with Gasteiger partial charge >= 0.3 is 0 Å². The van der Waals surface area contributed by atoms with E-state index >= 15 is 0 Å². The SMILES string of the molecule is CCn1c(-c2c(O)ccc3ccccc23)nc(-c2ccccc2)c1-c1ccccc1. The van der Waals surface area contributed by atoms with Gasteiger partial charge in [0, 0.05) is 17.7 Å². The molecule has 3 heteroatoms. The number of fused-ring (bicyclic) bond motifs is 1. The van der Waals surface area contributed by atoms with E-state index in [0.717, 1.165) is 51.2 Å². The number of nitrogens with zero attached hydrogens (tertiary/aromatic N) is 2. The number of benzene rings is 4. The molecule has 0 saturated heterocycles. The minimum atomic E-state index is 0.243. The normalized spacial score (nSPS) is 11.1. The molecule has 0 amide bonds. The molecule has 0 aliphatic carbocycles. The van der Waals surface area contributed by atoms with Crippen LogP contribution in [-0.2, 0) is 6.54 Å². The van der Waals surface area contributed by atoms with E-state index < -0.39 is 0 Å². The summed E-state index contributed by atoms with van der Waals surface area (Å²) in [6, 6.07) is 32.4. The number of aromatic hydroxyl groups is 1. The van der Waals surface area contributed by atoms with Crippen molar-refractivity contribution in [2.75, 3.05) is 0 Å². The van der Waals surface area contributed by atoms with Gasteiger partial charge in [0.1, 0.15) is 11.6 Å². The van der Waals surface area contributed by atoms with Gasteiger partial charge in [0.25, 0.3) is 0 Å². The molecule has 5 aromatic rings. The predicted molar refractivity (Wildman–Crippen MR) is 123 cm³/mol. The molecule has 3 nitrogen and oxygen atoms in total. The highest BCUT2D eigenvalue weighted by molar-refractivity contribution is 5.99. The summed E-state index contributed by atoms with van der Waals surface area (Å²) in [7, 11) is 0. The highest BCUT2D eigenvalue weighted by Crippen LogP contribution is 2.41. The number of rotatable bonds is 4. The van der Waals surface area contributed by atoms with Crippen molar-refractivity contribution in [2.24, 2.45) is 0 Å². The molecule has 5 rings (SSSR count). The first-order chi connectivity index (χ1) is 14.8. The first kappa shape index (κ1) is 18.2. The molecule has 30 heavy (non-hydrogen) atoms. The van der Waals surface area contributed by atoms with Crippen molar-refractivity contribution in [2.45, 2.75) is 13.5 Å². The first-order valence-corrected chi connectivity index (χ1v) is 10.2. The third-order valence-electron chi connectivity index (χ3n) is 5.51. The number of aromatic nitrogens is 2. The van der Waals surface area contributed by atoms with Gasteiger partial charge in [-0.1, -0.05) is 91.0 Å². The smallest absolute Gasteiger partial charge is 0.145 e. The van der Waals surface area contributed by atoms with Crippen molar-refractivity contribution >= 4 is 10.8 Å². The zero-order valence-corrected chi connectivity index (χ0v) is 16.8. The van der Waals surface area contributed by atoms with Crippen molar-refractivity contribution in [1.29, 1.82) is 0 Å². The van der Waals surface area contributed by atoms with Crippen molar-refractivity contribution in [1.82, 2.24) is 9.55 Å². The monoisotopic (exact) mass is 390 g/mol. The maximum atomic E-state index is 10.9. The Morgan fingerprint density at radius 2 is 1.37 bits per heavy atom. The van der Waals surface area contributed by atoms with Gasteiger partial charge in [-0.2, -0.15) is 0 Å². The highest BCUT2D eigenvalue weighted by atomic mass is 16.3. The number of phenols is 1. The van der Waals surface area contributed by atoms with Gasteiger partial charge < -0.3 is 9.67 Å². The summed E-state index contributed by atoms with van der Waals surface area (Å²) in [5, 5.41) is 12.9. The van der Waals surface area contributed by atoms with Crippen LogP contribution in [-0.4, -0.2) is 14.7 Å². The van der Waals surface area contributed by atoms with Crippen molar-refractivity contribution in [3.63, 3.8) is 0 Å². The van der Waals surface area contributed by atoms with E-state index in [-0.39, 0.29) is 5.75 Å². The standard InChI is InChI=1S/C27H22N2O/c1-2-29-26(21-14-7-4-8-15-21)25(20-12-5-3-6-13-20)28-27(29)24-22-16-10-9-11-19(22)17-18-23(24)30/h3-18,30H,2H2,1H3. The lowest BCUT2D eigenvalue weighted by Gasteiger charge is -2.13. The minimum absolute atomic E-state index is 0.243. The van der Waals surface area contributed by atoms with E-state index in [1.807, 2.05) is 60.7 Å². The summed E-state index contributed by atoms with van der Waals surface area (Å²) in [6.07, 6.45) is 0. The van der Waals surface area contributed by atoms with Crippen LogP contribution in [0, 0.1) is 0 Å². The van der Waals surface area contributed by atoms with Crippen LogP contribution in [0.25, 0.3) is 44.7 Å². The zero-order valence-electron chi connectivity index (χ0n) is 16.8. The lowest BCUT2D eigenvalue weighted by molar-refractivity contribution is 0.477. The number of hydrogen-bond acceptors (Lipinski definition) is 2. The Bertz CT molecular complexity index is 1320. The Morgan fingerprint density at radius 1 is 0.733 bits per heavy atom. The van der Waals surface area contributed by atoms with Crippen molar-refractivity contribution < 1.29 is 5.11 Å². The molecule has 1 N–H and O–H groups in total. The molecule has 146 valence electrons. The van der Waals surface area contributed by atoms with Gasteiger partial charge in [-0.05, 0) is 23.8 Å². The summed E-state index contributed by atoms with van der Waals surface area (Å²) in [5.41, 5.74) is 4.92. The van der Waals surface area contributed by atoms with E-state index in [9.17, 15) is 5.11 Å². The van der Waals surface area contributed by atoms with Crippen LogP contribution < -0.4 is 0 Å². The molecule has 0 aliphatic heterocycles. The van der Waals surface area contributed by atoms with Crippen molar-refractivity contribution in [3.05, 3.63) is 97.1 Å². The number of imidazole rings is 1. The fourth-order valence-electron chi connectivity index (χ4n) is 4.13. The van der Waals surface area contributed by atoms with E-state index in [1.54, 1.807) is 6.07 Å². The Labute approximate surface area is 175 Å². The fourth-order valence-corrected chi connectivity index (χ4v) is 4.13. The van der Waals surface area contributed by atoms with E-state index in [1.165, 1.54) is 0 Å². The second-order valence-electron chi connectivity index (χ2n) is 7.29. The molecule has 1 aromatic heterocycles. The topological polar surface area (TPSA) is 38.0 Å². The van der Waals surface area contributed by atoms with Gasteiger partial charge in [0.05, 0.1) is 17.0 Å². The van der Waals surface area contributed by atoms with Gasteiger partial charge in [-0.3, -0.25) is 0 Å². The number of phenolic OH excluding ortho intramolecular Hbond substituents is 1. The van der Waals surface area contributed by atoms with Gasteiger partial charge in [-0.15, -0.1) is 0 Å². The molecule has 0 atom stereocenters. The Balaban J connectivity index is 1.88. The highest BCUT2D eigenvalue weighted by Gasteiger charge is 2.23. The Morgan fingerprint density at radius 3 is 2.07 bits per heavy atom. The average Bonchev–Trinajstić information content (AvgIpc) is 3.19. The fraction of sp³-hybridized carbons (Fsp3) is 0.0741. The maximum Gasteiger partial charge on any atom is 0.145 e. The summed E-state index contributed by atoms with van der Waals surface area (Å²) in [6.45, 7) is 2.86. The Hall–Kier alpha value is -3.85. The molecular formula is C27H22N2O. The second kappa shape index (κ2) is 7.53. The minimum Gasteiger partial charge on any atom is -0.507 e. The second-order valence-corrected chi connectivity index (χ2v) is 7.29. The van der Waals surface area contributed by atoms with Crippen molar-refractivity contribution in [3.8, 4) is 39.7 Å². The Kier molecular flexibility index (Phi) is 4.56. The third-order valence-corrected chi connectivity index (χ3v) is 5.51. The molecular weight excluding hydrogens is 368 g/mol. The maximum absolute atomic E-state index is 10.9. The van der Waals surface area contributed by atoms with Gasteiger partial charge in [-0.25, -0.2) is 4.98 Å². The summed E-state index contributed by atoms with van der Waals surface area (Å²) < 4.78 is 2.21. The largest absolute Gasteiger partial charge is 0.507 e. The lowest BCUT2D eigenvalue weighted by Crippen LogP contribution is -2.01. The summed E-state index contributed by atoms with van der Waals surface area (Å²) >= 11 is 0. The quantitative estimate of drug-likeness (QED) is 0.368. The van der Waals surface area contributed by atoms with Crippen LogP contribution in [0.5, 0.6) is 5.75 Å². The molecule has 0 fully saturated rings. The molecule has 0 spiro atoms. The van der Waals surface area contributed by atoms with E-state index in [4.69, 9.17) is 4.98 Å². The zero-order chi connectivity index (χ0) is 20.5. The van der Waals surface area contributed by atoms with Crippen LogP contribution in [0.2, 0.25) is 0 Å². The van der Waals surface area contributed by atoms with Crippen LogP contribution >= 0.6 is 0 Å². The molecule has 0 saturated carbocycles. The third kappa shape index (κ3) is 2.96. The number of hydrogen-bond donors (Lipinski definition) is 1. The molecule has 0 aliphatic rings. The predicted octanol–water partition coefficient (Wildman–Crippen LogP) is 6.76. The molecule has 4 aromatic carbocycles. The lowest BCUT2D eigenvalue weighted by atomic mass is 10.0. The van der Waals surface area contributed by atoms with E-state index in [2.05, 4.69) is 41.8 Å². The van der Waals surface area contributed by atoms with Crippen LogP contribution in [0.3, 0.4) is 0 Å². The molecule has 1 heterocycles. The van der Waals surface area contributed by atoms with Gasteiger partial charge in [0.2, 0.25) is 0 Å². The summed E-state index contributed by atoms with van der Waals surface area (Å²) in [5.74, 6) is 1.03. The van der Waals surface area contributed by atoms with Crippen LogP contribution in [0.1, 0.15) is 6.92 Å². The average molecular weight is 390 g/mol. The molecule has 0 radical (unpaired) electrons. The van der Waals surface area contributed by atoms with E-state index in [0.29, 0.717) is 0 Å². The molecule has 0 unspecified atom stereocenters. The molecule has 0 bridgehead atoms. The van der Waals surface area contributed by atoms with Crippen LogP contribution in [0.4, 0.5) is 0 Å².